The van der Waals surface area contributed by atoms with E-state index in [1.165, 1.54) is 21.3 Å². The van der Waals surface area contributed by atoms with Gasteiger partial charge in [0.05, 0.1) is 12.2 Å². The van der Waals surface area contributed by atoms with Gasteiger partial charge in [0.15, 0.2) is 5.52 Å². The third-order valence-corrected chi connectivity index (χ3v) is 6.88. The maximum atomic E-state index is 13.6. The zero-order valence-corrected chi connectivity index (χ0v) is 20.9. The second kappa shape index (κ2) is 10.0. The summed E-state index contributed by atoms with van der Waals surface area (Å²) >= 11 is 0. The molecule has 0 bridgehead atoms. The minimum atomic E-state index is -0.529. The summed E-state index contributed by atoms with van der Waals surface area (Å²) in [5, 5.41) is 4.47. The standard InChI is InChI=1S/C27H29FN6O3/c1-3-34-25-24(19(2)29-34)32(27(37)33(26(25)36)17-20-7-5-4-6-8-20)18-23(35)31-15-13-30(14-16-31)22-11-9-21(28)10-12-22/h4-12H,3,13-18H2,1-2H3. The van der Waals surface area contributed by atoms with Crippen molar-refractivity contribution in [2.45, 2.75) is 33.5 Å². The number of piperazine rings is 1. The molecular formula is C27H29FN6O3. The van der Waals surface area contributed by atoms with Crippen LogP contribution in [0, 0.1) is 12.7 Å². The lowest BCUT2D eigenvalue weighted by Gasteiger charge is -2.36. The largest absolute Gasteiger partial charge is 0.368 e. The molecule has 1 aliphatic heterocycles. The summed E-state index contributed by atoms with van der Waals surface area (Å²) in [5.41, 5.74) is 2.04. The minimum Gasteiger partial charge on any atom is -0.368 e. The van der Waals surface area contributed by atoms with Gasteiger partial charge in [-0.05, 0) is 43.7 Å². The molecule has 4 aromatic rings. The molecule has 1 fully saturated rings. The Morgan fingerprint density at radius 3 is 2.24 bits per heavy atom. The van der Waals surface area contributed by atoms with Crippen LogP contribution < -0.4 is 16.1 Å². The van der Waals surface area contributed by atoms with Crippen molar-refractivity contribution in [2.24, 2.45) is 0 Å². The zero-order valence-electron chi connectivity index (χ0n) is 20.9. The Hall–Kier alpha value is -4.21. The fourth-order valence-corrected chi connectivity index (χ4v) is 4.95. The number of anilines is 1. The van der Waals surface area contributed by atoms with Crippen LogP contribution in [0.4, 0.5) is 10.1 Å². The highest BCUT2D eigenvalue weighted by Crippen LogP contribution is 2.18. The van der Waals surface area contributed by atoms with Gasteiger partial charge in [0.2, 0.25) is 5.91 Å². The predicted molar refractivity (Wildman–Crippen MR) is 139 cm³/mol. The molecule has 5 rings (SSSR count). The molecule has 0 aliphatic carbocycles. The summed E-state index contributed by atoms with van der Waals surface area (Å²) in [5.74, 6) is -0.486. The van der Waals surface area contributed by atoms with E-state index in [4.69, 9.17) is 0 Å². The molecule has 0 atom stereocenters. The number of fused-ring (bicyclic) bond motifs is 1. The summed E-state index contributed by atoms with van der Waals surface area (Å²) < 4.78 is 17.4. The van der Waals surface area contributed by atoms with Gasteiger partial charge >= 0.3 is 5.69 Å². The van der Waals surface area contributed by atoms with Gasteiger partial charge in [-0.1, -0.05) is 30.3 Å². The minimum absolute atomic E-state index is 0.104. The lowest BCUT2D eigenvalue weighted by Crippen LogP contribution is -2.51. The second-order valence-corrected chi connectivity index (χ2v) is 9.19. The molecular weight excluding hydrogens is 475 g/mol. The summed E-state index contributed by atoms with van der Waals surface area (Å²) in [6.45, 7) is 6.16. The first-order valence-electron chi connectivity index (χ1n) is 12.4. The lowest BCUT2D eigenvalue weighted by atomic mass is 10.2. The number of hydrogen-bond acceptors (Lipinski definition) is 5. The summed E-state index contributed by atoms with van der Waals surface area (Å²) in [6, 6.07) is 15.6. The molecule has 0 radical (unpaired) electrons. The van der Waals surface area contributed by atoms with E-state index in [1.807, 2.05) is 37.3 Å². The topological polar surface area (TPSA) is 85.4 Å². The number of aromatic nitrogens is 4. The number of carbonyl (C=O) groups excluding carboxylic acids is 1. The molecule has 37 heavy (non-hydrogen) atoms. The third-order valence-electron chi connectivity index (χ3n) is 6.88. The highest BCUT2D eigenvalue weighted by molar-refractivity contribution is 5.81. The van der Waals surface area contributed by atoms with Gasteiger partial charge in [-0.15, -0.1) is 0 Å². The smallest absolute Gasteiger partial charge is 0.332 e. The highest BCUT2D eigenvalue weighted by atomic mass is 19.1. The molecule has 0 unspecified atom stereocenters. The maximum absolute atomic E-state index is 13.6. The SMILES string of the molecule is CCn1nc(C)c2c1c(=O)n(Cc1ccccc1)c(=O)n2CC(=O)N1CCN(c2ccc(F)cc2)CC1. The van der Waals surface area contributed by atoms with Crippen LogP contribution in [-0.2, 0) is 24.4 Å². The molecule has 10 heteroatoms. The zero-order chi connectivity index (χ0) is 26.1. The number of aryl methyl sites for hydroxylation is 2. The van der Waals surface area contributed by atoms with Crippen molar-refractivity contribution in [3.05, 3.63) is 92.5 Å². The van der Waals surface area contributed by atoms with Crippen molar-refractivity contribution >= 4 is 22.6 Å². The van der Waals surface area contributed by atoms with Gasteiger partial charge in [0.1, 0.15) is 17.9 Å². The van der Waals surface area contributed by atoms with Crippen LogP contribution in [0.2, 0.25) is 0 Å². The number of hydrogen-bond donors (Lipinski definition) is 0. The Morgan fingerprint density at radius 2 is 1.59 bits per heavy atom. The number of nitrogens with zero attached hydrogens (tertiary/aromatic N) is 6. The van der Waals surface area contributed by atoms with Gasteiger partial charge in [0, 0.05) is 38.4 Å². The number of benzene rings is 2. The molecule has 0 spiro atoms. The Balaban J connectivity index is 1.45. The van der Waals surface area contributed by atoms with E-state index in [1.54, 1.807) is 28.6 Å². The molecule has 1 saturated heterocycles. The molecule has 192 valence electrons. The molecule has 2 aromatic carbocycles. The first-order chi connectivity index (χ1) is 17.9. The normalized spacial score (nSPS) is 13.9. The average Bonchev–Trinajstić information content (AvgIpc) is 3.26. The van der Waals surface area contributed by atoms with Crippen molar-refractivity contribution in [3.8, 4) is 0 Å². The molecule has 1 aliphatic rings. The molecule has 9 nitrogen and oxygen atoms in total. The molecule has 2 aromatic heterocycles. The monoisotopic (exact) mass is 504 g/mol. The van der Waals surface area contributed by atoms with Crippen LogP contribution in [0.3, 0.4) is 0 Å². The molecule has 0 saturated carbocycles. The maximum Gasteiger partial charge on any atom is 0.332 e. The van der Waals surface area contributed by atoms with Crippen molar-refractivity contribution < 1.29 is 9.18 Å². The fraction of sp³-hybridized carbons (Fsp3) is 0.333. The first-order valence-corrected chi connectivity index (χ1v) is 12.4. The van der Waals surface area contributed by atoms with Crippen molar-refractivity contribution in [3.63, 3.8) is 0 Å². The average molecular weight is 505 g/mol. The molecule has 0 N–H and O–H groups in total. The van der Waals surface area contributed by atoms with E-state index < -0.39 is 11.2 Å². The van der Waals surface area contributed by atoms with Gasteiger partial charge in [0.25, 0.3) is 5.56 Å². The molecule has 1 amide bonds. The van der Waals surface area contributed by atoms with E-state index in [9.17, 15) is 18.8 Å². The second-order valence-electron chi connectivity index (χ2n) is 9.19. The fourth-order valence-electron chi connectivity index (χ4n) is 4.95. The van der Waals surface area contributed by atoms with Gasteiger partial charge in [-0.25, -0.2) is 9.18 Å². The van der Waals surface area contributed by atoms with Crippen molar-refractivity contribution in [1.29, 1.82) is 0 Å². The van der Waals surface area contributed by atoms with Crippen LogP contribution in [0.15, 0.2) is 64.2 Å². The Bertz CT molecular complexity index is 1550. The predicted octanol–water partition coefficient (Wildman–Crippen LogP) is 2.22. The quantitative estimate of drug-likeness (QED) is 0.402. The molecule has 3 heterocycles. The van der Waals surface area contributed by atoms with Crippen LogP contribution in [0.5, 0.6) is 0 Å². The summed E-state index contributed by atoms with van der Waals surface area (Å²) in [4.78, 5) is 44.3. The lowest BCUT2D eigenvalue weighted by molar-refractivity contribution is -0.132. The Kier molecular flexibility index (Phi) is 6.64. The van der Waals surface area contributed by atoms with E-state index >= 15 is 0 Å². The number of amides is 1. The van der Waals surface area contributed by atoms with Crippen LogP contribution in [0.25, 0.3) is 11.0 Å². The highest BCUT2D eigenvalue weighted by Gasteiger charge is 2.25. The third kappa shape index (κ3) is 4.66. The Morgan fingerprint density at radius 1 is 0.919 bits per heavy atom. The number of halogens is 1. The number of rotatable bonds is 6. The number of carbonyl (C=O) groups is 1. The first kappa shape index (κ1) is 24.5. The van der Waals surface area contributed by atoms with Crippen LogP contribution >= 0.6 is 0 Å². The summed E-state index contributed by atoms with van der Waals surface area (Å²) in [7, 11) is 0. The van der Waals surface area contributed by atoms with Crippen LogP contribution in [0.1, 0.15) is 18.2 Å². The van der Waals surface area contributed by atoms with E-state index in [-0.39, 0.29) is 24.8 Å². The summed E-state index contributed by atoms with van der Waals surface area (Å²) in [6.07, 6.45) is 0. The van der Waals surface area contributed by atoms with Gasteiger partial charge in [-0.2, -0.15) is 5.10 Å². The van der Waals surface area contributed by atoms with Gasteiger partial charge < -0.3 is 9.80 Å². The van der Waals surface area contributed by atoms with Gasteiger partial charge in [-0.3, -0.25) is 23.4 Å². The van der Waals surface area contributed by atoms with Crippen LogP contribution in [-0.4, -0.2) is 55.9 Å². The van der Waals surface area contributed by atoms with E-state index in [0.717, 1.165) is 11.3 Å². The van der Waals surface area contributed by atoms with E-state index in [0.29, 0.717) is 49.5 Å². The van der Waals surface area contributed by atoms with Crippen molar-refractivity contribution in [2.75, 3.05) is 31.1 Å². The Labute approximate surface area is 213 Å². The van der Waals surface area contributed by atoms with Crippen molar-refractivity contribution in [1.82, 2.24) is 23.8 Å². The van der Waals surface area contributed by atoms with E-state index in [2.05, 4.69) is 10.00 Å².